The molecule has 1 nitrogen and oxygen atoms in total. The van der Waals surface area contributed by atoms with E-state index in [2.05, 4.69) is 31.9 Å². The smallest absolute Gasteiger partial charge is 0.119 e. The van der Waals surface area contributed by atoms with E-state index in [4.69, 9.17) is 0 Å². The van der Waals surface area contributed by atoms with Crippen molar-refractivity contribution in [2.24, 2.45) is 0 Å². The monoisotopic (exact) mass is 278 g/mol. The summed E-state index contributed by atoms with van der Waals surface area (Å²) >= 11 is 6.73. The van der Waals surface area contributed by atoms with Crippen molar-refractivity contribution in [3.63, 3.8) is 0 Å². The van der Waals surface area contributed by atoms with Crippen molar-refractivity contribution < 1.29 is 5.11 Å². The molecule has 0 aromatic heterocycles. The predicted molar refractivity (Wildman–Crippen MR) is 53.0 cm³/mol. The SMILES string of the molecule is Cc1c(O)cc(Br)c(Br)c1C. The van der Waals surface area contributed by atoms with Gasteiger partial charge in [-0.3, -0.25) is 0 Å². The zero-order valence-electron chi connectivity index (χ0n) is 6.28. The second-order valence-corrected chi connectivity index (χ2v) is 4.09. The molecule has 1 aromatic carbocycles. The maximum Gasteiger partial charge on any atom is 0.119 e. The van der Waals surface area contributed by atoms with E-state index in [0.717, 1.165) is 20.1 Å². The molecule has 3 heteroatoms. The van der Waals surface area contributed by atoms with Crippen LogP contribution in [0.3, 0.4) is 0 Å². The second-order valence-electron chi connectivity index (χ2n) is 2.44. The zero-order valence-corrected chi connectivity index (χ0v) is 9.45. The van der Waals surface area contributed by atoms with Crippen LogP contribution in [-0.4, -0.2) is 5.11 Å². The molecule has 1 N–H and O–H groups in total. The Morgan fingerprint density at radius 2 is 1.73 bits per heavy atom. The fraction of sp³-hybridized carbons (Fsp3) is 0.250. The molecule has 0 saturated carbocycles. The van der Waals surface area contributed by atoms with Crippen LogP contribution in [0.2, 0.25) is 0 Å². The third-order valence-electron chi connectivity index (χ3n) is 1.75. The summed E-state index contributed by atoms with van der Waals surface area (Å²) in [6.07, 6.45) is 0. The standard InChI is InChI=1S/C8H8Br2O/c1-4-5(2)8(10)6(9)3-7(4)11/h3,11H,1-2H3. The lowest BCUT2D eigenvalue weighted by Crippen LogP contribution is -1.84. The first-order valence-electron chi connectivity index (χ1n) is 3.18. The van der Waals surface area contributed by atoms with Crippen molar-refractivity contribution >= 4 is 31.9 Å². The van der Waals surface area contributed by atoms with Gasteiger partial charge in [0.1, 0.15) is 5.75 Å². The molecule has 0 amide bonds. The Kier molecular flexibility index (Phi) is 2.60. The highest BCUT2D eigenvalue weighted by atomic mass is 79.9. The van der Waals surface area contributed by atoms with E-state index in [1.54, 1.807) is 6.07 Å². The Bertz CT molecular complexity index is 268. The number of phenolic OH excluding ortho intramolecular Hbond substituents is 1. The number of aromatic hydroxyl groups is 1. The summed E-state index contributed by atoms with van der Waals surface area (Å²) in [7, 11) is 0. The molecule has 11 heavy (non-hydrogen) atoms. The minimum atomic E-state index is 0.331. The van der Waals surface area contributed by atoms with Crippen LogP contribution < -0.4 is 0 Å². The zero-order chi connectivity index (χ0) is 8.59. The van der Waals surface area contributed by atoms with Crippen molar-refractivity contribution in [1.29, 1.82) is 0 Å². The van der Waals surface area contributed by atoms with Gasteiger partial charge in [0, 0.05) is 8.95 Å². The summed E-state index contributed by atoms with van der Waals surface area (Å²) in [5.74, 6) is 0.331. The molecule has 0 aliphatic carbocycles. The van der Waals surface area contributed by atoms with E-state index in [0.29, 0.717) is 5.75 Å². The van der Waals surface area contributed by atoms with E-state index in [1.165, 1.54) is 0 Å². The van der Waals surface area contributed by atoms with Gasteiger partial charge in [-0.25, -0.2) is 0 Å². The van der Waals surface area contributed by atoms with Gasteiger partial charge in [0.05, 0.1) is 0 Å². The van der Waals surface area contributed by atoms with Crippen molar-refractivity contribution in [3.8, 4) is 5.75 Å². The molecule has 0 radical (unpaired) electrons. The van der Waals surface area contributed by atoms with Crippen LogP contribution in [0.15, 0.2) is 15.0 Å². The highest BCUT2D eigenvalue weighted by Gasteiger charge is 2.06. The van der Waals surface area contributed by atoms with Crippen LogP contribution in [0.5, 0.6) is 5.75 Å². The lowest BCUT2D eigenvalue weighted by molar-refractivity contribution is 0.470. The number of benzene rings is 1. The van der Waals surface area contributed by atoms with Crippen LogP contribution in [0, 0.1) is 13.8 Å². The van der Waals surface area contributed by atoms with Gasteiger partial charge in [0.25, 0.3) is 0 Å². The largest absolute Gasteiger partial charge is 0.508 e. The average molecular weight is 280 g/mol. The van der Waals surface area contributed by atoms with Crippen molar-refractivity contribution in [2.45, 2.75) is 13.8 Å². The van der Waals surface area contributed by atoms with Gasteiger partial charge < -0.3 is 5.11 Å². The third-order valence-corrected chi connectivity index (χ3v) is 3.93. The number of hydrogen-bond donors (Lipinski definition) is 1. The second kappa shape index (κ2) is 3.15. The normalized spacial score (nSPS) is 10.2. The van der Waals surface area contributed by atoms with Gasteiger partial charge in [-0.15, -0.1) is 0 Å². The van der Waals surface area contributed by atoms with Crippen LogP contribution in [0.1, 0.15) is 11.1 Å². The Labute approximate surface area is 82.7 Å². The molecule has 0 unspecified atom stereocenters. The van der Waals surface area contributed by atoms with Gasteiger partial charge in [-0.1, -0.05) is 0 Å². The molecule has 0 saturated heterocycles. The first-order valence-corrected chi connectivity index (χ1v) is 4.76. The van der Waals surface area contributed by atoms with E-state index in [9.17, 15) is 5.11 Å². The maximum atomic E-state index is 9.35. The highest BCUT2D eigenvalue weighted by Crippen LogP contribution is 2.33. The fourth-order valence-electron chi connectivity index (χ4n) is 0.827. The molecule has 0 aliphatic rings. The lowest BCUT2D eigenvalue weighted by Gasteiger charge is -2.06. The Morgan fingerprint density at radius 3 is 2.27 bits per heavy atom. The first-order chi connectivity index (χ1) is 5.04. The number of rotatable bonds is 0. The molecule has 0 heterocycles. The van der Waals surface area contributed by atoms with Crippen LogP contribution in [0.4, 0.5) is 0 Å². The minimum absolute atomic E-state index is 0.331. The topological polar surface area (TPSA) is 20.2 Å². The molecule has 1 aromatic rings. The summed E-state index contributed by atoms with van der Waals surface area (Å²) in [5.41, 5.74) is 1.98. The maximum absolute atomic E-state index is 9.35. The fourth-order valence-corrected chi connectivity index (χ4v) is 1.75. The molecule has 0 spiro atoms. The average Bonchev–Trinajstić information content (AvgIpc) is 1.97. The summed E-state index contributed by atoms with van der Waals surface area (Å²) in [6.45, 7) is 3.85. The Hall–Kier alpha value is -0.0200. The highest BCUT2D eigenvalue weighted by molar-refractivity contribution is 9.13. The van der Waals surface area contributed by atoms with Gasteiger partial charge in [0.15, 0.2) is 0 Å². The molecular weight excluding hydrogens is 272 g/mol. The van der Waals surface area contributed by atoms with Crippen molar-refractivity contribution in [1.82, 2.24) is 0 Å². The van der Waals surface area contributed by atoms with Gasteiger partial charge in [-0.05, 0) is 62.9 Å². The molecule has 0 fully saturated rings. The van der Waals surface area contributed by atoms with Crippen LogP contribution in [0.25, 0.3) is 0 Å². The van der Waals surface area contributed by atoms with Crippen LogP contribution >= 0.6 is 31.9 Å². The van der Waals surface area contributed by atoms with Gasteiger partial charge in [0.2, 0.25) is 0 Å². The van der Waals surface area contributed by atoms with Crippen molar-refractivity contribution in [3.05, 3.63) is 26.1 Å². The predicted octanol–water partition coefficient (Wildman–Crippen LogP) is 3.53. The van der Waals surface area contributed by atoms with Crippen molar-refractivity contribution in [2.75, 3.05) is 0 Å². The Morgan fingerprint density at radius 1 is 1.18 bits per heavy atom. The summed E-state index contributed by atoms with van der Waals surface area (Å²) in [4.78, 5) is 0. The number of halogens is 2. The van der Waals surface area contributed by atoms with E-state index < -0.39 is 0 Å². The molecule has 60 valence electrons. The number of phenols is 1. The summed E-state index contributed by atoms with van der Waals surface area (Å²) in [5, 5.41) is 9.35. The first kappa shape index (κ1) is 9.07. The quantitative estimate of drug-likeness (QED) is 0.770. The van der Waals surface area contributed by atoms with E-state index in [1.807, 2.05) is 13.8 Å². The molecule has 0 atom stereocenters. The van der Waals surface area contributed by atoms with E-state index >= 15 is 0 Å². The van der Waals surface area contributed by atoms with Crippen LogP contribution in [-0.2, 0) is 0 Å². The lowest BCUT2D eigenvalue weighted by atomic mass is 10.1. The molecule has 1 rings (SSSR count). The van der Waals surface area contributed by atoms with E-state index in [-0.39, 0.29) is 0 Å². The molecular formula is C8H8Br2O. The third kappa shape index (κ3) is 1.59. The molecule has 0 bridgehead atoms. The summed E-state index contributed by atoms with van der Waals surface area (Å²) < 4.78 is 1.89. The number of hydrogen-bond acceptors (Lipinski definition) is 1. The summed E-state index contributed by atoms with van der Waals surface area (Å²) in [6, 6.07) is 1.69. The Balaban J connectivity index is 3.46. The van der Waals surface area contributed by atoms with Gasteiger partial charge >= 0.3 is 0 Å². The van der Waals surface area contributed by atoms with Gasteiger partial charge in [-0.2, -0.15) is 0 Å². The minimum Gasteiger partial charge on any atom is -0.508 e. The molecule has 0 aliphatic heterocycles.